The Labute approximate surface area is 559 Å². The standard InChI is InChI=1S/2C44H45N3/c2*1-32-12-18-35(19-13-32)8-4-6-10-37-22-28-40(29-23-37)43-45-42(39-26-16-34(3)17-27-39)46-44(47-43)41-30-24-38(25-31-41)11-7-5-9-36-20-14-33(2)15-21-36/h2*12-31H,4-11H2,1-3H3. The van der Waals surface area contributed by atoms with Crippen LogP contribution in [0.25, 0.3) is 68.3 Å². The van der Waals surface area contributed by atoms with E-state index in [0.717, 1.165) is 84.7 Å². The molecule has 0 unspecified atom stereocenters. The van der Waals surface area contributed by atoms with Gasteiger partial charge in [0.15, 0.2) is 34.9 Å². The van der Waals surface area contributed by atoms with Crippen LogP contribution < -0.4 is 0 Å². The van der Waals surface area contributed by atoms with E-state index in [0.29, 0.717) is 34.9 Å². The first-order valence-corrected chi connectivity index (χ1v) is 34.2. The van der Waals surface area contributed by atoms with Gasteiger partial charge in [0.25, 0.3) is 0 Å². The lowest BCUT2D eigenvalue weighted by Crippen LogP contribution is -2.00. The van der Waals surface area contributed by atoms with Crippen LogP contribution >= 0.6 is 0 Å². The molecule has 94 heavy (non-hydrogen) atoms. The smallest absolute Gasteiger partial charge is 0.164 e. The predicted molar refractivity (Wildman–Crippen MR) is 393 cm³/mol. The molecular formula is C88H90N6. The number of hydrogen-bond acceptors (Lipinski definition) is 6. The first-order valence-electron chi connectivity index (χ1n) is 34.2. The van der Waals surface area contributed by atoms with Gasteiger partial charge in [-0.1, -0.05) is 276 Å². The molecule has 0 radical (unpaired) electrons. The summed E-state index contributed by atoms with van der Waals surface area (Å²) in [5.74, 6) is 4.22. The summed E-state index contributed by atoms with van der Waals surface area (Å²) in [7, 11) is 0. The van der Waals surface area contributed by atoms with E-state index in [1.54, 1.807) is 0 Å². The van der Waals surface area contributed by atoms with Gasteiger partial charge < -0.3 is 0 Å². The van der Waals surface area contributed by atoms with E-state index in [-0.39, 0.29) is 0 Å². The summed E-state index contributed by atoms with van der Waals surface area (Å²) < 4.78 is 0. The maximum Gasteiger partial charge on any atom is 0.164 e. The van der Waals surface area contributed by atoms with Crippen LogP contribution in [0.3, 0.4) is 0 Å². The molecule has 0 aliphatic rings. The van der Waals surface area contributed by atoms with Gasteiger partial charge in [-0.05, 0) is 189 Å². The maximum absolute atomic E-state index is 4.98. The lowest BCUT2D eigenvalue weighted by Gasteiger charge is -2.10. The summed E-state index contributed by atoms with van der Waals surface area (Å²) >= 11 is 0. The molecule has 0 saturated carbocycles. The maximum atomic E-state index is 4.98. The lowest BCUT2D eigenvalue weighted by molar-refractivity contribution is 0.734. The van der Waals surface area contributed by atoms with Gasteiger partial charge in [-0.2, -0.15) is 0 Å². The molecular weight excluding hydrogens is 1140 g/mol. The number of benzene rings is 10. The van der Waals surface area contributed by atoms with Gasteiger partial charge in [-0.15, -0.1) is 0 Å². The highest BCUT2D eigenvalue weighted by Gasteiger charge is 2.16. The number of aromatic nitrogens is 6. The Balaban J connectivity index is 0.000000192. The Bertz CT molecular complexity index is 3760. The van der Waals surface area contributed by atoms with Crippen molar-refractivity contribution in [1.82, 2.24) is 29.9 Å². The van der Waals surface area contributed by atoms with E-state index in [4.69, 9.17) is 29.9 Å². The minimum absolute atomic E-state index is 0.699. The minimum atomic E-state index is 0.699. The molecule has 472 valence electrons. The molecule has 0 fully saturated rings. The normalized spacial score (nSPS) is 11.1. The topological polar surface area (TPSA) is 77.3 Å². The molecule has 0 spiro atoms. The largest absolute Gasteiger partial charge is 0.208 e. The number of hydrogen-bond donors (Lipinski definition) is 0. The molecule has 12 rings (SSSR count). The zero-order chi connectivity index (χ0) is 64.9. The van der Waals surface area contributed by atoms with Crippen LogP contribution in [0.5, 0.6) is 0 Å². The molecule has 0 N–H and O–H groups in total. The highest BCUT2D eigenvalue weighted by Crippen LogP contribution is 2.29. The second kappa shape index (κ2) is 33.2. The monoisotopic (exact) mass is 1230 g/mol. The molecule has 0 atom stereocenters. The third kappa shape index (κ3) is 19.6. The molecule has 0 bridgehead atoms. The lowest BCUT2D eigenvalue weighted by atomic mass is 10.0. The highest BCUT2D eigenvalue weighted by molar-refractivity contribution is 5.69. The first-order chi connectivity index (χ1) is 46.0. The van der Waals surface area contributed by atoms with Gasteiger partial charge in [0.05, 0.1) is 0 Å². The van der Waals surface area contributed by atoms with E-state index in [9.17, 15) is 0 Å². The summed E-state index contributed by atoms with van der Waals surface area (Å²) in [4.78, 5) is 29.8. The third-order valence-corrected chi connectivity index (χ3v) is 17.9. The van der Waals surface area contributed by atoms with Gasteiger partial charge in [-0.25, -0.2) is 29.9 Å². The third-order valence-electron chi connectivity index (χ3n) is 17.9. The fourth-order valence-electron chi connectivity index (χ4n) is 11.9. The Kier molecular flexibility index (Phi) is 23.2. The van der Waals surface area contributed by atoms with Crippen molar-refractivity contribution in [3.8, 4) is 68.3 Å². The number of nitrogens with zero attached hydrogens (tertiary/aromatic N) is 6. The summed E-state index contributed by atoms with van der Waals surface area (Å²) in [6.45, 7) is 12.8. The second-order valence-corrected chi connectivity index (χ2v) is 25.9. The van der Waals surface area contributed by atoms with Gasteiger partial charge >= 0.3 is 0 Å². The zero-order valence-electron chi connectivity index (χ0n) is 56.1. The number of aryl methyl sites for hydroxylation is 14. The van der Waals surface area contributed by atoms with E-state index >= 15 is 0 Å². The number of unbranched alkanes of at least 4 members (excludes halogenated alkanes) is 4. The summed E-state index contributed by atoms with van der Waals surface area (Å²) in [5.41, 5.74) is 24.8. The summed E-state index contributed by atoms with van der Waals surface area (Å²) in [6.07, 6.45) is 18.2. The van der Waals surface area contributed by atoms with E-state index in [2.05, 4.69) is 284 Å². The van der Waals surface area contributed by atoms with Gasteiger partial charge in [0.2, 0.25) is 0 Å². The Morgan fingerprint density at radius 3 is 0.394 bits per heavy atom. The first kappa shape index (κ1) is 65.7. The molecule has 0 saturated heterocycles. The van der Waals surface area contributed by atoms with Crippen LogP contribution in [0.4, 0.5) is 0 Å². The summed E-state index contributed by atoms with van der Waals surface area (Å²) in [5, 5.41) is 0. The van der Waals surface area contributed by atoms with Gasteiger partial charge in [0.1, 0.15) is 0 Å². The van der Waals surface area contributed by atoms with E-state index in [1.165, 1.54) is 129 Å². The number of rotatable bonds is 26. The average Bonchev–Trinajstić information content (AvgIpc) is 0.944. The second-order valence-electron chi connectivity index (χ2n) is 25.9. The molecule has 2 heterocycles. The van der Waals surface area contributed by atoms with Crippen molar-refractivity contribution in [2.75, 3.05) is 0 Å². The fourth-order valence-corrected chi connectivity index (χ4v) is 11.9. The SMILES string of the molecule is Cc1ccc(CCCCc2ccc(-c3nc(-c4ccc(C)cc4)nc(-c4ccc(CCCCc5ccc(C)cc5)cc4)n3)cc2)cc1.Cc1ccc(CCCCc2ccc(-c3nc(-c4ccc(C)cc4)nc(-c4ccc(CCCCc5ccc(C)cc5)cc4)n3)cc2)cc1. The fraction of sp³-hybridized carbons (Fsp3) is 0.250. The molecule has 2 aromatic heterocycles. The highest BCUT2D eigenvalue weighted by atomic mass is 15.0. The molecule has 6 heteroatoms. The van der Waals surface area contributed by atoms with Crippen LogP contribution in [0.1, 0.15) is 129 Å². The van der Waals surface area contributed by atoms with Crippen molar-refractivity contribution >= 4 is 0 Å². The van der Waals surface area contributed by atoms with Gasteiger partial charge in [-0.3, -0.25) is 0 Å². The Morgan fingerprint density at radius 1 is 0.149 bits per heavy atom. The van der Waals surface area contributed by atoms with Crippen LogP contribution in [0, 0.1) is 41.5 Å². The molecule has 10 aromatic carbocycles. The van der Waals surface area contributed by atoms with Crippen molar-refractivity contribution in [3.63, 3.8) is 0 Å². The van der Waals surface area contributed by atoms with Crippen molar-refractivity contribution in [2.24, 2.45) is 0 Å². The van der Waals surface area contributed by atoms with Gasteiger partial charge in [0, 0.05) is 33.4 Å². The van der Waals surface area contributed by atoms with Crippen LogP contribution in [-0.2, 0) is 51.4 Å². The molecule has 0 aliphatic heterocycles. The van der Waals surface area contributed by atoms with Crippen molar-refractivity contribution in [3.05, 3.63) is 321 Å². The zero-order valence-corrected chi connectivity index (χ0v) is 56.1. The van der Waals surface area contributed by atoms with Crippen LogP contribution in [0.2, 0.25) is 0 Å². The summed E-state index contributed by atoms with van der Waals surface area (Å²) in [6, 6.07) is 87.6. The molecule has 12 aromatic rings. The van der Waals surface area contributed by atoms with Crippen molar-refractivity contribution in [2.45, 2.75) is 144 Å². The quantitative estimate of drug-likeness (QED) is 0.0503. The minimum Gasteiger partial charge on any atom is -0.208 e. The van der Waals surface area contributed by atoms with Crippen LogP contribution in [-0.4, -0.2) is 29.9 Å². The van der Waals surface area contributed by atoms with E-state index < -0.39 is 0 Å². The molecule has 6 nitrogen and oxygen atoms in total. The Morgan fingerprint density at radius 2 is 0.255 bits per heavy atom. The van der Waals surface area contributed by atoms with E-state index in [1.807, 2.05) is 0 Å². The van der Waals surface area contributed by atoms with Crippen molar-refractivity contribution < 1.29 is 0 Å². The molecule has 0 amide bonds. The predicted octanol–water partition coefficient (Wildman–Crippen LogP) is 21.9. The van der Waals surface area contributed by atoms with Crippen LogP contribution in [0.15, 0.2) is 243 Å². The van der Waals surface area contributed by atoms with Crippen molar-refractivity contribution in [1.29, 1.82) is 0 Å². The Hall–Kier alpha value is -9.78. The molecule has 0 aliphatic carbocycles. The average molecular weight is 1230 g/mol.